The summed E-state index contributed by atoms with van der Waals surface area (Å²) in [5, 5.41) is 2.94. The van der Waals surface area contributed by atoms with Gasteiger partial charge < -0.3 is 15.0 Å². The van der Waals surface area contributed by atoms with E-state index in [1.54, 1.807) is 13.1 Å². The highest BCUT2D eigenvalue weighted by molar-refractivity contribution is 5.92. The molecule has 5 nitrogen and oxygen atoms in total. The van der Waals surface area contributed by atoms with E-state index in [-0.39, 0.29) is 12.0 Å². The number of amides is 1. The smallest absolute Gasteiger partial charge is 0.272 e. The molecule has 1 aliphatic rings. The van der Waals surface area contributed by atoms with Crippen LogP contribution < -0.4 is 5.32 Å². The molecule has 0 radical (unpaired) electrons. The van der Waals surface area contributed by atoms with Gasteiger partial charge in [-0.1, -0.05) is 13.0 Å². The molecule has 0 spiro atoms. The Hall–Kier alpha value is -1.62. The first kappa shape index (κ1) is 12.8. The summed E-state index contributed by atoms with van der Waals surface area (Å²) in [5.41, 5.74) is 0.485. The molecule has 0 aliphatic carbocycles. The van der Waals surface area contributed by atoms with E-state index >= 15 is 0 Å². The monoisotopic (exact) mass is 249 g/mol. The third-order valence-electron chi connectivity index (χ3n) is 3.11. The fraction of sp³-hybridized carbons (Fsp3) is 0.538. The van der Waals surface area contributed by atoms with E-state index in [1.165, 1.54) is 0 Å². The normalized spacial score (nSPS) is 19.7. The van der Waals surface area contributed by atoms with Gasteiger partial charge in [-0.3, -0.25) is 4.79 Å². The highest BCUT2D eigenvalue weighted by atomic mass is 16.5. The maximum absolute atomic E-state index is 12.3. The molecule has 1 saturated heterocycles. The molecule has 1 aromatic heterocycles. The predicted octanol–water partition coefficient (Wildman–Crippen LogP) is 1.37. The van der Waals surface area contributed by atoms with Gasteiger partial charge in [0, 0.05) is 20.1 Å². The molecule has 0 bridgehead atoms. The maximum atomic E-state index is 12.3. The van der Waals surface area contributed by atoms with Crippen LogP contribution in [0.4, 0.5) is 5.82 Å². The summed E-state index contributed by atoms with van der Waals surface area (Å²) in [6, 6.07) is 5.42. The molecule has 1 aromatic rings. The molecule has 98 valence electrons. The lowest BCUT2D eigenvalue weighted by Gasteiger charge is -2.32. The minimum absolute atomic E-state index is 0.0196. The van der Waals surface area contributed by atoms with E-state index < -0.39 is 0 Å². The average Bonchev–Trinajstić information content (AvgIpc) is 2.46. The van der Waals surface area contributed by atoms with Crippen LogP contribution in [-0.4, -0.2) is 48.6 Å². The van der Waals surface area contributed by atoms with Crippen molar-refractivity contribution in [1.82, 2.24) is 9.88 Å². The van der Waals surface area contributed by atoms with Crippen LogP contribution in [0.25, 0.3) is 0 Å². The molecule has 1 atom stereocenters. The van der Waals surface area contributed by atoms with E-state index in [9.17, 15) is 4.79 Å². The molecule has 2 heterocycles. The topological polar surface area (TPSA) is 54.5 Å². The second-order valence-electron chi connectivity index (χ2n) is 4.31. The Morgan fingerprint density at radius 2 is 2.44 bits per heavy atom. The Kier molecular flexibility index (Phi) is 4.15. The van der Waals surface area contributed by atoms with Crippen LogP contribution in [0.3, 0.4) is 0 Å². The molecule has 5 heteroatoms. The average molecular weight is 249 g/mol. The van der Waals surface area contributed by atoms with E-state index in [1.807, 2.05) is 17.0 Å². The number of hydrogen-bond donors (Lipinski definition) is 1. The summed E-state index contributed by atoms with van der Waals surface area (Å²) in [4.78, 5) is 18.4. The predicted molar refractivity (Wildman–Crippen MR) is 69.7 cm³/mol. The van der Waals surface area contributed by atoms with Gasteiger partial charge >= 0.3 is 0 Å². The summed E-state index contributed by atoms with van der Waals surface area (Å²) >= 11 is 0. The third-order valence-corrected chi connectivity index (χ3v) is 3.11. The van der Waals surface area contributed by atoms with Gasteiger partial charge in [-0.25, -0.2) is 4.98 Å². The van der Waals surface area contributed by atoms with Crippen molar-refractivity contribution in [3.05, 3.63) is 23.9 Å². The van der Waals surface area contributed by atoms with Crippen molar-refractivity contribution in [3.8, 4) is 0 Å². The Balaban J connectivity index is 2.10. The van der Waals surface area contributed by atoms with E-state index in [0.717, 1.165) is 6.42 Å². The molecule has 2 rings (SSSR count). The van der Waals surface area contributed by atoms with Crippen LogP contribution in [0.5, 0.6) is 0 Å². The van der Waals surface area contributed by atoms with Crippen LogP contribution >= 0.6 is 0 Å². The van der Waals surface area contributed by atoms with Crippen LogP contribution in [0, 0.1) is 0 Å². The SMILES string of the molecule is CCC1CN(C(=O)c2cccc(NC)n2)CCO1. The van der Waals surface area contributed by atoms with Gasteiger partial charge in [-0.15, -0.1) is 0 Å². The number of rotatable bonds is 3. The lowest BCUT2D eigenvalue weighted by atomic mass is 10.2. The molecule has 1 fully saturated rings. The third kappa shape index (κ3) is 2.79. The van der Waals surface area contributed by atoms with E-state index in [2.05, 4.69) is 17.2 Å². The van der Waals surface area contributed by atoms with E-state index in [4.69, 9.17) is 4.74 Å². The molecule has 1 N–H and O–H groups in total. The van der Waals surface area contributed by atoms with Crippen LogP contribution in [0.15, 0.2) is 18.2 Å². The summed E-state index contributed by atoms with van der Waals surface area (Å²) in [6.07, 6.45) is 1.07. The van der Waals surface area contributed by atoms with Gasteiger partial charge in [0.1, 0.15) is 11.5 Å². The molecule has 1 unspecified atom stereocenters. The standard InChI is InChI=1S/C13H19N3O2/c1-3-10-9-16(7-8-18-10)13(17)11-5-4-6-12(14-2)15-11/h4-6,10H,3,7-9H2,1-2H3,(H,14,15). The maximum Gasteiger partial charge on any atom is 0.272 e. The summed E-state index contributed by atoms with van der Waals surface area (Å²) in [5.74, 6) is 0.690. The van der Waals surface area contributed by atoms with Gasteiger partial charge in [0.25, 0.3) is 5.91 Å². The minimum Gasteiger partial charge on any atom is -0.375 e. The molecule has 0 aromatic carbocycles. The summed E-state index contributed by atoms with van der Waals surface area (Å²) < 4.78 is 5.56. The Morgan fingerprint density at radius 1 is 1.61 bits per heavy atom. The molecule has 0 saturated carbocycles. The van der Waals surface area contributed by atoms with E-state index in [0.29, 0.717) is 31.2 Å². The largest absolute Gasteiger partial charge is 0.375 e. The number of hydrogen-bond acceptors (Lipinski definition) is 4. The fourth-order valence-corrected chi connectivity index (χ4v) is 2.01. The second kappa shape index (κ2) is 5.82. The first-order valence-corrected chi connectivity index (χ1v) is 6.30. The Morgan fingerprint density at radius 3 is 3.17 bits per heavy atom. The zero-order valence-electron chi connectivity index (χ0n) is 10.8. The van der Waals surface area contributed by atoms with Crippen molar-refractivity contribution in [2.45, 2.75) is 19.4 Å². The zero-order chi connectivity index (χ0) is 13.0. The first-order valence-electron chi connectivity index (χ1n) is 6.30. The highest BCUT2D eigenvalue weighted by Crippen LogP contribution is 2.12. The number of nitrogens with zero attached hydrogens (tertiary/aromatic N) is 2. The Bertz CT molecular complexity index is 422. The number of ether oxygens (including phenoxy) is 1. The number of anilines is 1. The molecule has 1 aliphatic heterocycles. The summed E-state index contributed by atoms with van der Waals surface area (Å²) in [7, 11) is 1.79. The van der Waals surface area contributed by atoms with Gasteiger partial charge in [0.05, 0.1) is 12.7 Å². The number of carbonyl (C=O) groups excluding carboxylic acids is 1. The van der Waals surface area contributed by atoms with Crippen molar-refractivity contribution >= 4 is 11.7 Å². The lowest BCUT2D eigenvalue weighted by Crippen LogP contribution is -2.45. The number of carbonyl (C=O) groups is 1. The van der Waals surface area contributed by atoms with Gasteiger partial charge in [-0.2, -0.15) is 0 Å². The number of morpholine rings is 1. The van der Waals surface area contributed by atoms with Crippen molar-refractivity contribution in [3.63, 3.8) is 0 Å². The first-order chi connectivity index (χ1) is 8.74. The summed E-state index contributed by atoms with van der Waals surface area (Å²) in [6.45, 7) is 3.97. The molecular formula is C13H19N3O2. The second-order valence-corrected chi connectivity index (χ2v) is 4.31. The van der Waals surface area contributed by atoms with Crippen LogP contribution in [0.2, 0.25) is 0 Å². The van der Waals surface area contributed by atoms with Crippen molar-refractivity contribution in [1.29, 1.82) is 0 Å². The van der Waals surface area contributed by atoms with Crippen LogP contribution in [-0.2, 0) is 4.74 Å². The number of nitrogens with one attached hydrogen (secondary N) is 1. The molecule has 18 heavy (non-hydrogen) atoms. The zero-order valence-corrected chi connectivity index (χ0v) is 10.8. The fourth-order valence-electron chi connectivity index (χ4n) is 2.01. The number of pyridine rings is 1. The lowest BCUT2D eigenvalue weighted by molar-refractivity contribution is -0.0228. The molecular weight excluding hydrogens is 230 g/mol. The van der Waals surface area contributed by atoms with Gasteiger partial charge in [-0.05, 0) is 18.6 Å². The van der Waals surface area contributed by atoms with Crippen LogP contribution in [0.1, 0.15) is 23.8 Å². The van der Waals surface area contributed by atoms with Crippen molar-refractivity contribution < 1.29 is 9.53 Å². The molecule has 1 amide bonds. The van der Waals surface area contributed by atoms with Crippen molar-refractivity contribution in [2.24, 2.45) is 0 Å². The Labute approximate surface area is 107 Å². The highest BCUT2D eigenvalue weighted by Gasteiger charge is 2.24. The van der Waals surface area contributed by atoms with Crippen molar-refractivity contribution in [2.75, 3.05) is 32.1 Å². The van der Waals surface area contributed by atoms with Gasteiger partial charge in [0.15, 0.2) is 0 Å². The quantitative estimate of drug-likeness (QED) is 0.879. The minimum atomic E-state index is -0.0196. The van der Waals surface area contributed by atoms with Gasteiger partial charge in [0.2, 0.25) is 0 Å². The number of aromatic nitrogens is 1.